The number of benzene rings is 1. The summed E-state index contributed by atoms with van der Waals surface area (Å²) in [6, 6.07) is 15.8. The van der Waals surface area contributed by atoms with Crippen LogP contribution in [-0.2, 0) is 4.74 Å². The van der Waals surface area contributed by atoms with E-state index in [0.717, 1.165) is 22.5 Å². The molecule has 1 aliphatic rings. The molecule has 118 valence electrons. The predicted octanol–water partition coefficient (Wildman–Crippen LogP) is 4.20. The molecule has 0 bridgehead atoms. The largest absolute Gasteiger partial charge is 0.443 e. The zero-order valence-electron chi connectivity index (χ0n) is 13.6. The van der Waals surface area contributed by atoms with E-state index in [-0.39, 0.29) is 6.09 Å². The van der Waals surface area contributed by atoms with Crippen LogP contribution >= 0.6 is 0 Å². The van der Waals surface area contributed by atoms with Crippen molar-refractivity contribution in [2.24, 2.45) is 0 Å². The van der Waals surface area contributed by atoms with Crippen LogP contribution < -0.4 is 0 Å². The van der Waals surface area contributed by atoms with Crippen molar-refractivity contribution in [1.82, 2.24) is 9.88 Å². The lowest BCUT2D eigenvalue weighted by Crippen LogP contribution is -2.42. The van der Waals surface area contributed by atoms with Crippen molar-refractivity contribution in [2.75, 3.05) is 6.54 Å². The van der Waals surface area contributed by atoms with Crippen LogP contribution in [0, 0.1) is 0 Å². The number of rotatable bonds is 2. The monoisotopic (exact) mass is 308 g/mol. The summed E-state index contributed by atoms with van der Waals surface area (Å²) in [5.41, 5.74) is 3.30. The molecule has 1 aromatic heterocycles. The second-order valence-electron chi connectivity index (χ2n) is 6.47. The van der Waals surface area contributed by atoms with Gasteiger partial charge >= 0.3 is 6.09 Å². The molecule has 1 amide bonds. The van der Waals surface area contributed by atoms with Gasteiger partial charge in [0.15, 0.2) is 0 Å². The molecule has 0 fully saturated rings. The molecule has 0 radical (unpaired) electrons. The highest BCUT2D eigenvalue weighted by Crippen LogP contribution is 2.38. The van der Waals surface area contributed by atoms with E-state index in [4.69, 9.17) is 4.74 Å². The summed E-state index contributed by atoms with van der Waals surface area (Å²) >= 11 is 0. The van der Waals surface area contributed by atoms with Crippen LogP contribution in [0.5, 0.6) is 0 Å². The van der Waals surface area contributed by atoms with Gasteiger partial charge in [-0.2, -0.15) is 0 Å². The first kappa shape index (κ1) is 15.3. The second-order valence-corrected chi connectivity index (χ2v) is 6.47. The molecular formula is C19H20N2O2. The first-order valence-corrected chi connectivity index (χ1v) is 7.66. The van der Waals surface area contributed by atoms with Gasteiger partial charge in [-0.15, -0.1) is 0 Å². The molecule has 4 nitrogen and oxygen atoms in total. The van der Waals surface area contributed by atoms with Crippen LogP contribution in [-0.4, -0.2) is 28.1 Å². The third kappa shape index (κ3) is 3.26. The first-order chi connectivity index (χ1) is 11.0. The third-order valence-corrected chi connectivity index (χ3v) is 3.52. The lowest BCUT2D eigenvalue weighted by molar-refractivity contribution is 0.0354. The van der Waals surface area contributed by atoms with E-state index in [0.29, 0.717) is 6.54 Å². The number of ether oxygens (including phenoxy) is 1. The lowest BCUT2D eigenvalue weighted by Gasteiger charge is -2.38. The maximum atomic E-state index is 12.4. The van der Waals surface area contributed by atoms with Crippen molar-refractivity contribution >= 4 is 17.4 Å². The number of hydrogen-bond donors (Lipinski definition) is 0. The van der Waals surface area contributed by atoms with Crippen molar-refractivity contribution in [3.63, 3.8) is 0 Å². The Morgan fingerprint density at radius 2 is 1.78 bits per heavy atom. The van der Waals surface area contributed by atoms with Gasteiger partial charge in [-0.1, -0.05) is 36.4 Å². The lowest BCUT2D eigenvalue weighted by atomic mass is 9.94. The molecule has 0 spiro atoms. The molecule has 1 aliphatic heterocycles. The number of amides is 1. The number of carbonyl (C=O) groups is 1. The molecular weight excluding hydrogens is 288 g/mol. The molecule has 23 heavy (non-hydrogen) atoms. The molecule has 3 rings (SSSR count). The summed E-state index contributed by atoms with van der Waals surface area (Å²) in [6.45, 7) is 6.14. The van der Waals surface area contributed by atoms with E-state index < -0.39 is 5.60 Å². The Labute approximate surface area is 136 Å². The quantitative estimate of drug-likeness (QED) is 0.835. The van der Waals surface area contributed by atoms with Crippen LogP contribution in [0.3, 0.4) is 0 Å². The Morgan fingerprint density at radius 3 is 2.39 bits per heavy atom. The van der Waals surface area contributed by atoms with Crippen molar-refractivity contribution in [2.45, 2.75) is 26.4 Å². The second kappa shape index (κ2) is 5.88. The van der Waals surface area contributed by atoms with E-state index in [1.807, 2.05) is 69.3 Å². The molecule has 4 heteroatoms. The Hall–Kier alpha value is -2.62. The van der Waals surface area contributed by atoms with Crippen LogP contribution in [0.4, 0.5) is 4.79 Å². The number of aromatic nitrogens is 1. The number of carbonyl (C=O) groups excluding carboxylic acids is 1. The van der Waals surface area contributed by atoms with Gasteiger partial charge in [0, 0.05) is 11.8 Å². The highest BCUT2D eigenvalue weighted by molar-refractivity contribution is 6.02. The van der Waals surface area contributed by atoms with E-state index in [2.05, 4.69) is 4.98 Å². The molecule has 0 unspecified atom stereocenters. The molecule has 2 heterocycles. The van der Waals surface area contributed by atoms with Crippen molar-refractivity contribution < 1.29 is 9.53 Å². The summed E-state index contributed by atoms with van der Waals surface area (Å²) in [4.78, 5) is 18.5. The van der Waals surface area contributed by atoms with Gasteiger partial charge in [-0.25, -0.2) is 4.79 Å². The topological polar surface area (TPSA) is 42.4 Å². The van der Waals surface area contributed by atoms with Gasteiger partial charge in [0.25, 0.3) is 0 Å². The van der Waals surface area contributed by atoms with Crippen LogP contribution in [0.2, 0.25) is 0 Å². The zero-order valence-corrected chi connectivity index (χ0v) is 13.6. The standard InChI is InChI=1S/C19H20N2O2/c1-19(2,3)23-18(22)21-13-15(14-9-5-4-6-10-14)17(21)16-11-7-8-12-20-16/h4-12H,13H2,1-3H3. The molecule has 0 N–H and O–H groups in total. The number of pyridine rings is 1. The highest BCUT2D eigenvalue weighted by Gasteiger charge is 2.36. The summed E-state index contributed by atoms with van der Waals surface area (Å²) in [5.74, 6) is 0. The SMILES string of the molecule is CC(C)(C)OC(=O)N1CC(c2ccccc2)=C1c1ccccn1. The molecule has 0 saturated heterocycles. The molecule has 2 aromatic rings. The average molecular weight is 308 g/mol. The molecule has 0 aliphatic carbocycles. The summed E-state index contributed by atoms with van der Waals surface area (Å²) in [6.07, 6.45) is 1.40. The zero-order chi connectivity index (χ0) is 16.4. The summed E-state index contributed by atoms with van der Waals surface area (Å²) < 4.78 is 5.50. The highest BCUT2D eigenvalue weighted by atomic mass is 16.6. The predicted molar refractivity (Wildman–Crippen MR) is 90.4 cm³/mol. The van der Waals surface area contributed by atoms with E-state index in [1.165, 1.54) is 0 Å². The summed E-state index contributed by atoms with van der Waals surface area (Å²) in [5, 5.41) is 0. The van der Waals surface area contributed by atoms with Gasteiger partial charge in [-0.05, 0) is 38.5 Å². The van der Waals surface area contributed by atoms with Gasteiger partial charge in [0.1, 0.15) is 5.60 Å². The van der Waals surface area contributed by atoms with Gasteiger partial charge in [-0.3, -0.25) is 9.88 Å². The molecule has 1 aromatic carbocycles. The van der Waals surface area contributed by atoms with Crippen LogP contribution in [0.15, 0.2) is 54.7 Å². The third-order valence-electron chi connectivity index (χ3n) is 3.52. The smallest absolute Gasteiger partial charge is 0.415 e. The normalized spacial score (nSPS) is 14.5. The fourth-order valence-corrected chi connectivity index (χ4v) is 2.52. The van der Waals surface area contributed by atoms with E-state index >= 15 is 0 Å². The van der Waals surface area contributed by atoms with Gasteiger partial charge in [0.2, 0.25) is 0 Å². The van der Waals surface area contributed by atoms with Crippen LogP contribution in [0.25, 0.3) is 11.3 Å². The maximum absolute atomic E-state index is 12.4. The van der Waals surface area contributed by atoms with E-state index in [9.17, 15) is 4.79 Å². The van der Waals surface area contributed by atoms with Gasteiger partial charge in [0.05, 0.1) is 17.9 Å². The Kier molecular flexibility index (Phi) is 3.90. The van der Waals surface area contributed by atoms with Gasteiger partial charge < -0.3 is 4.74 Å². The molecule has 0 saturated carbocycles. The maximum Gasteiger partial charge on any atom is 0.415 e. The summed E-state index contributed by atoms with van der Waals surface area (Å²) in [7, 11) is 0. The minimum Gasteiger partial charge on any atom is -0.443 e. The van der Waals surface area contributed by atoms with Crippen LogP contribution in [0.1, 0.15) is 32.0 Å². The number of hydrogen-bond acceptors (Lipinski definition) is 3. The Bertz CT molecular complexity index is 731. The minimum absolute atomic E-state index is 0.335. The fourth-order valence-electron chi connectivity index (χ4n) is 2.52. The Balaban J connectivity index is 1.98. The fraction of sp³-hybridized carbons (Fsp3) is 0.263. The minimum atomic E-state index is -0.519. The first-order valence-electron chi connectivity index (χ1n) is 7.66. The number of nitrogens with zero attached hydrogens (tertiary/aromatic N) is 2. The van der Waals surface area contributed by atoms with Crippen molar-refractivity contribution in [3.05, 3.63) is 66.0 Å². The Morgan fingerprint density at radius 1 is 1.09 bits per heavy atom. The van der Waals surface area contributed by atoms with Crippen molar-refractivity contribution in [3.8, 4) is 0 Å². The molecule has 0 atom stereocenters. The van der Waals surface area contributed by atoms with E-state index in [1.54, 1.807) is 11.1 Å². The van der Waals surface area contributed by atoms with Crippen molar-refractivity contribution in [1.29, 1.82) is 0 Å². The average Bonchev–Trinajstić information content (AvgIpc) is 2.46.